The molecule has 0 fully saturated rings. The second-order valence-corrected chi connectivity index (χ2v) is 4.50. The Balaban J connectivity index is 1.98. The Morgan fingerprint density at radius 1 is 1.39 bits per heavy atom. The number of hydrogen-bond donors (Lipinski definition) is 1. The molecule has 18 heavy (non-hydrogen) atoms. The minimum atomic E-state index is 0.0604. The van der Waals surface area contributed by atoms with E-state index >= 15 is 0 Å². The molecular weight excluding hydrogens is 230 g/mol. The largest absolute Gasteiger partial charge is 0.485 e. The highest BCUT2D eigenvalue weighted by Gasteiger charge is 2.27. The molecule has 1 aromatic carbocycles. The van der Waals surface area contributed by atoms with Crippen molar-refractivity contribution in [1.29, 1.82) is 0 Å². The average molecular weight is 245 g/mol. The fourth-order valence-corrected chi connectivity index (χ4v) is 2.33. The zero-order valence-electron chi connectivity index (χ0n) is 10.2. The standard InChI is InChI=1S/C13H15N3O2/c1-9(17)15-4-5-16-11(7-15)8-18-13-6-10(14)2-3-12(13)16/h2-3,6-7H,4-5,8,14H2,1H3. The Kier molecular flexibility index (Phi) is 2.40. The maximum absolute atomic E-state index is 11.4. The zero-order valence-corrected chi connectivity index (χ0v) is 10.2. The van der Waals surface area contributed by atoms with Crippen molar-refractivity contribution in [1.82, 2.24) is 4.90 Å². The van der Waals surface area contributed by atoms with Crippen molar-refractivity contribution >= 4 is 17.3 Å². The molecule has 2 aliphatic heterocycles. The fourth-order valence-electron chi connectivity index (χ4n) is 2.33. The van der Waals surface area contributed by atoms with Gasteiger partial charge in [-0.25, -0.2) is 0 Å². The van der Waals surface area contributed by atoms with Crippen LogP contribution in [0.15, 0.2) is 30.1 Å². The van der Waals surface area contributed by atoms with Gasteiger partial charge in [0.25, 0.3) is 0 Å². The van der Waals surface area contributed by atoms with Crippen molar-refractivity contribution in [2.24, 2.45) is 0 Å². The number of nitrogen functional groups attached to an aromatic ring is 1. The van der Waals surface area contributed by atoms with E-state index in [1.54, 1.807) is 11.8 Å². The number of ether oxygens (including phenoxy) is 1. The first kappa shape index (κ1) is 11.0. The van der Waals surface area contributed by atoms with E-state index in [9.17, 15) is 4.79 Å². The lowest BCUT2D eigenvalue weighted by Crippen LogP contribution is -2.43. The van der Waals surface area contributed by atoms with Crippen molar-refractivity contribution < 1.29 is 9.53 Å². The number of benzene rings is 1. The van der Waals surface area contributed by atoms with Crippen LogP contribution in [0.3, 0.4) is 0 Å². The minimum absolute atomic E-state index is 0.0604. The predicted octanol–water partition coefficient (Wildman–Crippen LogP) is 1.17. The van der Waals surface area contributed by atoms with Gasteiger partial charge in [0.15, 0.2) is 0 Å². The Morgan fingerprint density at radius 2 is 2.22 bits per heavy atom. The average Bonchev–Trinajstić information content (AvgIpc) is 2.37. The van der Waals surface area contributed by atoms with Crippen LogP contribution in [0.2, 0.25) is 0 Å². The van der Waals surface area contributed by atoms with Crippen LogP contribution in [-0.2, 0) is 4.79 Å². The smallest absolute Gasteiger partial charge is 0.223 e. The lowest BCUT2D eigenvalue weighted by molar-refractivity contribution is -0.126. The summed E-state index contributed by atoms with van der Waals surface area (Å²) in [5.74, 6) is 0.869. The third-order valence-electron chi connectivity index (χ3n) is 3.27. The van der Waals surface area contributed by atoms with Gasteiger partial charge in [0.1, 0.15) is 12.4 Å². The van der Waals surface area contributed by atoms with E-state index in [0.717, 1.165) is 23.7 Å². The van der Waals surface area contributed by atoms with Crippen molar-refractivity contribution in [2.75, 3.05) is 30.3 Å². The van der Waals surface area contributed by atoms with Crippen LogP contribution >= 0.6 is 0 Å². The lowest BCUT2D eigenvalue weighted by atomic mass is 10.1. The molecule has 0 saturated heterocycles. The lowest BCUT2D eigenvalue weighted by Gasteiger charge is -2.38. The quantitative estimate of drug-likeness (QED) is 0.697. The third-order valence-corrected chi connectivity index (χ3v) is 3.27. The molecule has 1 amide bonds. The van der Waals surface area contributed by atoms with Crippen molar-refractivity contribution in [2.45, 2.75) is 6.92 Å². The van der Waals surface area contributed by atoms with E-state index in [0.29, 0.717) is 18.8 Å². The highest BCUT2D eigenvalue weighted by atomic mass is 16.5. The highest BCUT2D eigenvalue weighted by molar-refractivity contribution is 5.76. The predicted molar refractivity (Wildman–Crippen MR) is 69.2 cm³/mol. The van der Waals surface area contributed by atoms with Gasteiger partial charge in [-0.05, 0) is 12.1 Å². The van der Waals surface area contributed by atoms with Gasteiger partial charge in [0.2, 0.25) is 5.91 Å². The molecule has 0 aromatic heterocycles. The van der Waals surface area contributed by atoms with E-state index in [1.807, 2.05) is 24.4 Å². The van der Waals surface area contributed by atoms with Gasteiger partial charge >= 0.3 is 0 Å². The SMILES string of the molecule is CC(=O)N1C=C2COc3cc(N)ccc3N2CC1. The first-order valence-corrected chi connectivity index (χ1v) is 5.93. The van der Waals surface area contributed by atoms with Crippen LogP contribution in [-0.4, -0.2) is 30.5 Å². The number of carbonyl (C=O) groups is 1. The summed E-state index contributed by atoms with van der Waals surface area (Å²) < 4.78 is 5.67. The van der Waals surface area contributed by atoms with E-state index < -0.39 is 0 Å². The summed E-state index contributed by atoms with van der Waals surface area (Å²) in [6.07, 6.45) is 1.87. The molecule has 2 heterocycles. The van der Waals surface area contributed by atoms with Gasteiger partial charge in [-0.1, -0.05) is 0 Å². The van der Waals surface area contributed by atoms with Gasteiger partial charge in [-0.15, -0.1) is 0 Å². The molecule has 0 unspecified atom stereocenters. The van der Waals surface area contributed by atoms with Crippen molar-refractivity contribution in [3.05, 3.63) is 30.1 Å². The fraction of sp³-hybridized carbons (Fsp3) is 0.308. The number of rotatable bonds is 0. The van der Waals surface area contributed by atoms with Gasteiger partial charge in [-0.3, -0.25) is 4.79 Å². The van der Waals surface area contributed by atoms with Crippen LogP contribution in [0.5, 0.6) is 5.75 Å². The summed E-state index contributed by atoms with van der Waals surface area (Å²) in [5.41, 5.74) is 8.47. The molecule has 3 rings (SSSR count). The monoisotopic (exact) mass is 245 g/mol. The molecule has 0 atom stereocenters. The maximum Gasteiger partial charge on any atom is 0.223 e. The molecule has 0 radical (unpaired) electrons. The van der Waals surface area contributed by atoms with Crippen molar-refractivity contribution in [3.63, 3.8) is 0 Å². The summed E-state index contributed by atoms with van der Waals surface area (Å²) >= 11 is 0. The number of amides is 1. The summed E-state index contributed by atoms with van der Waals surface area (Å²) in [4.78, 5) is 15.3. The molecule has 0 spiro atoms. The molecular formula is C13H15N3O2. The van der Waals surface area contributed by atoms with Gasteiger partial charge in [-0.2, -0.15) is 0 Å². The van der Waals surface area contributed by atoms with E-state index in [2.05, 4.69) is 4.90 Å². The number of anilines is 2. The van der Waals surface area contributed by atoms with Gasteiger partial charge < -0.3 is 20.3 Å². The van der Waals surface area contributed by atoms with Crippen LogP contribution in [0.25, 0.3) is 0 Å². The summed E-state index contributed by atoms with van der Waals surface area (Å²) in [6.45, 7) is 3.53. The Labute approximate surface area is 105 Å². The number of carbonyl (C=O) groups excluding carboxylic acids is 1. The highest BCUT2D eigenvalue weighted by Crippen LogP contribution is 2.37. The number of fused-ring (bicyclic) bond motifs is 3. The van der Waals surface area contributed by atoms with E-state index in [-0.39, 0.29) is 5.91 Å². The number of hydrogen-bond acceptors (Lipinski definition) is 4. The van der Waals surface area contributed by atoms with E-state index in [4.69, 9.17) is 10.5 Å². The normalized spacial score (nSPS) is 17.5. The summed E-state index contributed by atoms with van der Waals surface area (Å²) in [7, 11) is 0. The zero-order chi connectivity index (χ0) is 12.7. The van der Waals surface area contributed by atoms with Crippen LogP contribution in [0.1, 0.15) is 6.92 Å². The van der Waals surface area contributed by atoms with Crippen LogP contribution in [0.4, 0.5) is 11.4 Å². The molecule has 94 valence electrons. The van der Waals surface area contributed by atoms with Crippen molar-refractivity contribution in [3.8, 4) is 5.75 Å². The first-order valence-electron chi connectivity index (χ1n) is 5.93. The van der Waals surface area contributed by atoms with Crippen LogP contribution in [0, 0.1) is 0 Å². The molecule has 5 heteroatoms. The molecule has 2 N–H and O–H groups in total. The minimum Gasteiger partial charge on any atom is -0.485 e. The van der Waals surface area contributed by atoms with E-state index in [1.165, 1.54) is 0 Å². The first-order chi connectivity index (χ1) is 8.65. The second kappa shape index (κ2) is 3.94. The molecule has 2 aliphatic rings. The topological polar surface area (TPSA) is 58.8 Å². The molecule has 0 bridgehead atoms. The number of nitrogens with zero attached hydrogens (tertiary/aromatic N) is 2. The maximum atomic E-state index is 11.4. The molecule has 0 saturated carbocycles. The van der Waals surface area contributed by atoms with Crippen LogP contribution < -0.4 is 15.4 Å². The van der Waals surface area contributed by atoms with Gasteiger partial charge in [0.05, 0.1) is 11.4 Å². The molecule has 0 aliphatic carbocycles. The summed E-state index contributed by atoms with van der Waals surface area (Å²) in [5, 5.41) is 0. The summed E-state index contributed by atoms with van der Waals surface area (Å²) in [6, 6.07) is 5.66. The second-order valence-electron chi connectivity index (χ2n) is 4.50. The Hall–Kier alpha value is -2.17. The molecule has 1 aromatic rings. The number of nitrogens with two attached hydrogens (primary N) is 1. The third kappa shape index (κ3) is 1.68. The Morgan fingerprint density at radius 3 is 3.00 bits per heavy atom. The Bertz CT molecular complexity index is 539. The molecule has 5 nitrogen and oxygen atoms in total. The van der Waals surface area contributed by atoms with Gasteiger partial charge in [0, 0.05) is 38.0 Å².